The van der Waals surface area contributed by atoms with E-state index < -0.39 is 0 Å². The van der Waals surface area contributed by atoms with Gasteiger partial charge in [-0.05, 0) is 36.5 Å². The number of halogens is 2. The molecule has 4 heteroatoms. The number of carbonyl (C=O) groups is 1. The summed E-state index contributed by atoms with van der Waals surface area (Å²) >= 11 is 9.40. The minimum Gasteiger partial charge on any atom is -0.353 e. The van der Waals surface area contributed by atoms with Gasteiger partial charge in [0.2, 0.25) is 5.91 Å². The van der Waals surface area contributed by atoms with Crippen molar-refractivity contribution in [3.05, 3.63) is 34.3 Å². The van der Waals surface area contributed by atoms with E-state index in [-0.39, 0.29) is 11.9 Å². The van der Waals surface area contributed by atoms with Crippen molar-refractivity contribution in [2.24, 2.45) is 5.92 Å². The molecule has 0 heterocycles. The van der Waals surface area contributed by atoms with Gasteiger partial charge in [0.15, 0.2) is 0 Å². The van der Waals surface area contributed by atoms with Gasteiger partial charge in [0.25, 0.3) is 0 Å². The van der Waals surface area contributed by atoms with E-state index in [4.69, 9.17) is 11.6 Å². The summed E-state index contributed by atoms with van der Waals surface area (Å²) in [6.45, 7) is 0. The molecule has 1 saturated carbocycles. The van der Waals surface area contributed by atoms with E-state index in [1.165, 1.54) is 12.8 Å². The lowest BCUT2D eigenvalue weighted by molar-refractivity contribution is -0.121. The maximum atomic E-state index is 12.1. The van der Waals surface area contributed by atoms with Crippen LogP contribution in [0, 0.1) is 5.92 Å². The summed E-state index contributed by atoms with van der Waals surface area (Å²) in [6, 6.07) is 8.14. The fourth-order valence-electron chi connectivity index (χ4n) is 2.67. The van der Waals surface area contributed by atoms with Gasteiger partial charge < -0.3 is 5.32 Å². The van der Waals surface area contributed by atoms with Crippen molar-refractivity contribution in [2.45, 2.75) is 38.1 Å². The van der Waals surface area contributed by atoms with Crippen molar-refractivity contribution in [3.8, 4) is 0 Å². The van der Waals surface area contributed by atoms with Crippen LogP contribution in [0.1, 0.15) is 31.2 Å². The van der Waals surface area contributed by atoms with Crippen LogP contribution < -0.4 is 5.32 Å². The normalized spacial score (nSPS) is 23.1. The monoisotopic (exact) mass is 343 g/mol. The molecule has 2 nitrogen and oxygen atoms in total. The zero-order valence-corrected chi connectivity index (χ0v) is 13.2. The minimum absolute atomic E-state index is 0.0973. The minimum atomic E-state index is 0.0973. The molecule has 1 aliphatic rings. The topological polar surface area (TPSA) is 29.1 Å². The Kier molecular flexibility index (Phi) is 5.71. The maximum absolute atomic E-state index is 12.1. The SMILES string of the molecule is O=C(Cc1cccc(Br)c1)NC1CCCCC1CCl. The number of amides is 1. The Balaban J connectivity index is 1.90. The molecular formula is C15H19BrClNO. The van der Waals surface area contributed by atoms with Crippen molar-refractivity contribution in [2.75, 3.05) is 5.88 Å². The zero-order valence-electron chi connectivity index (χ0n) is 10.9. The molecule has 0 spiro atoms. The van der Waals surface area contributed by atoms with Crippen LogP contribution >= 0.6 is 27.5 Å². The largest absolute Gasteiger partial charge is 0.353 e. The molecule has 19 heavy (non-hydrogen) atoms. The summed E-state index contributed by atoms with van der Waals surface area (Å²) in [6.07, 6.45) is 5.04. The van der Waals surface area contributed by atoms with Crippen LogP contribution in [0.3, 0.4) is 0 Å². The molecule has 2 unspecified atom stereocenters. The second-order valence-corrected chi connectivity index (χ2v) is 6.40. The first kappa shape index (κ1) is 14.9. The van der Waals surface area contributed by atoms with Gasteiger partial charge in [0, 0.05) is 16.4 Å². The van der Waals surface area contributed by atoms with E-state index in [0.717, 1.165) is 22.9 Å². The first-order chi connectivity index (χ1) is 9.19. The van der Waals surface area contributed by atoms with Crippen molar-refractivity contribution in [1.29, 1.82) is 0 Å². The van der Waals surface area contributed by atoms with Crippen LogP contribution in [0.5, 0.6) is 0 Å². The molecule has 0 saturated heterocycles. The van der Waals surface area contributed by atoms with Crippen LogP contribution in [0.4, 0.5) is 0 Å². The molecule has 2 rings (SSSR count). The Morgan fingerprint density at radius 2 is 2.16 bits per heavy atom. The number of nitrogens with one attached hydrogen (secondary N) is 1. The molecule has 1 fully saturated rings. The third-order valence-corrected chi connectivity index (χ3v) is 4.60. The summed E-state index contributed by atoms with van der Waals surface area (Å²) in [7, 11) is 0. The maximum Gasteiger partial charge on any atom is 0.224 e. The fraction of sp³-hybridized carbons (Fsp3) is 0.533. The van der Waals surface area contributed by atoms with Crippen LogP contribution in [-0.2, 0) is 11.2 Å². The van der Waals surface area contributed by atoms with E-state index in [1.807, 2.05) is 24.3 Å². The van der Waals surface area contributed by atoms with E-state index in [9.17, 15) is 4.79 Å². The quantitative estimate of drug-likeness (QED) is 0.825. The van der Waals surface area contributed by atoms with Gasteiger partial charge in [0.1, 0.15) is 0 Å². The van der Waals surface area contributed by atoms with Crippen LogP contribution in [-0.4, -0.2) is 17.8 Å². The fourth-order valence-corrected chi connectivity index (χ4v) is 3.49. The average Bonchev–Trinajstić information content (AvgIpc) is 2.39. The second kappa shape index (κ2) is 7.30. The highest BCUT2D eigenvalue weighted by Gasteiger charge is 2.25. The third-order valence-electron chi connectivity index (χ3n) is 3.71. The summed E-state index contributed by atoms with van der Waals surface area (Å²) in [5.41, 5.74) is 1.03. The third kappa shape index (κ3) is 4.50. The molecule has 1 aromatic carbocycles. The lowest BCUT2D eigenvalue weighted by Crippen LogP contribution is -2.43. The molecule has 1 aromatic rings. The lowest BCUT2D eigenvalue weighted by Gasteiger charge is -2.30. The Hall–Kier alpha value is -0.540. The van der Waals surface area contributed by atoms with E-state index in [2.05, 4.69) is 21.2 Å². The van der Waals surface area contributed by atoms with E-state index in [0.29, 0.717) is 18.2 Å². The first-order valence-corrected chi connectivity index (χ1v) is 8.11. The summed E-state index contributed by atoms with van der Waals surface area (Å²) in [4.78, 5) is 12.1. The second-order valence-electron chi connectivity index (χ2n) is 5.18. The number of benzene rings is 1. The van der Waals surface area contributed by atoms with Gasteiger partial charge >= 0.3 is 0 Å². The highest BCUT2D eigenvalue weighted by Crippen LogP contribution is 2.25. The van der Waals surface area contributed by atoms with Crippen molar-refractivity contribution in [1.82, 2.24) is 5.32 Å². The molecule has 2 atom stereocenters. The predicted molar refractivity (Wildman–Crippen MR) is 82.5 cm³/mol. The van der Waals surface area contributed by atoms with Gasteiger partial charge in [-0.3, -0.25) is 4.79 Å². The smallest absolute Gasteiger partial charge is 0.224 e. The molecule has 1 aliphatic carbocycles. The number of hydrogen-bond acceptors (Lipinski definition) is 1. The summed E-state index contributed by atoms with van der Waals surface area (Å²) in [5.74, 6) is 1.17. The Morgan fingerprint density at radius 3 is 2.89 bits per heavy atom. The molecule has 1 amide bonds. The number of carbonyl (C=O) groups excluding carboxylic acids is 1. The Bertz CT molecular complexity index is 438. The molecule has 1 N–H and O–H groups in total. The van der Waals surface area contributed by atoms with Gasteiger partial charge in [-0.1, -0.05) is 40.9 Å². The molecular weight excluding hydrogens is 326 g/mol. The van der Waals surface area contributed by atoms with E-state index in [1.54, 1.807) is 0 Å². The number of alkyl halides is 1. The van der Waals surface area contributed by atoms with E-state index >= 15 is 0 Å². The van der Waals surface area contributed by atoms with Crippen LogP contribution in [0.25, 0.3) is 0 Å². The molecule has 104 valence electrons. The van der Waals surface area contributed by atoms with Crippen molar-refractivity contribution in [3.63, 3.8) is 0 Å². The standard InChI is InChI=1S/C15H19BrClNO/c16-13-6-3-4-11(8-13)9-15(19)18-14-7-2-1-5-12(14)10-17/h3-4,6,8,12,14H,1-2,5,7,9-10H2,(H,18,19). The Labute approximate surface area is 128 Å². The molecule has 0 bridgehead atoms. The number of rotatable bonds is 4. The van der Waals surface area contributed by atoms with Crippen molar-refractivity contribution < 1.29 is 4.79 Å². The Morgan fingerprint density at radius 1 is 1.37 bits per heavy atom. The number of hydrogen-bond donors (Lipinski definition) is 1. The molecule has 0 radical (unpaired) electrons. The summed E-state index contributed by atoms with van der Waals surface area (Å²) < 4.78 is 1.01. The molecule has 0 aliphatic heterocycles. The average molecular weight is 345 g/mol. The summed E-state index contributed by atoms with van der Waals surface area (Å²) in [5, 5.41) is 3.15. The van der Waals surface area contributed by atoms with Crippen LogP contribution in [0.15, 0.2) is 28.7 Å². The molecule has 0 aromatic heterocycles. The van der Waals surface area contributed by atoms with Gasteiger partial charge in [-0.25, -0.2) is 0 Å². The predicted octanol–water partition coefficient (Wildman–Crippen LogP) is 3.91. The zero-order chi connectivity index (χ0) is 13.7. The van der Waals surface area contributed by atoms with Crippen LogP contribution in [0.2, 0.25) is 0 Å². The van der Waals surface area contributed by atoms with Gasteiger partial charge in [0.05, 0.1) is 6.42 Å². The lowest BCUT2D eigenvalue weighted by atomic mass is 9.85. The highest BCUT2D eigenvalue weighted by molar-refractivity contribution is 9.10. The first-order valence-electron chi connectivity index (χ1n) is 6.79. The van der Waals surface area contributed by atoms with Crippen molar-refractivity contribution >= 4 is 33.4 Å². The highest BCUT2D eigenvalue weighted by atomic mass is 79.9. The van der Waals surface area contributed by atoms with Gasteiger partial charge in [-0.15, -0.1) is 11.6 Å². The van der Waals surface area contributed by atoms with Gasteiger partial charge in [-0.2, -0.15) is 0 Å².